The average molecular weight is 519 g/mol. The largest absolute Gasteiger partial charge is 0.495 e. The molecule has 5 rings (SSSR count). The molecular weight excluding hydrogens is 488 g/mol. The number of nitrogens with zero attached hydrogens (tertiary/aromatic N) is 3. The smallest absolute Gasteiger partial charge is 0.259 e. The van der Waals surface area contributed by atoms with Gasteiger partial charge in [0, 0.05) is 49.6 Å². The van der Waals surface area contributed by atoms with E-state index in [1.165, 1.54) is 5.56 Å². The molecule has 0 unspecified atom stereocenters. The zero-order valence-corrected chi connectivity index (χ0v) is 21.8. The van der Waals surface area contributed by atoms with Crippen molar-refractivity contribution < 1.29 is 4.74 Å². The summed E-state index contributed by atoms with van der Waals surface area (Å²) in [5, 5.41) is 8.45. The summed E-state index contributed by atoms with van der Waals surface area (Å²) in [4.78, 5) is 25.2. The van der Waals surface area contributed by atoms with Gasteiger partial charge in [0.05, 0.1) is 18.2 Å². The Morgan fingerprint density at radius 1 is 1.00 bits per heavy atom. The van der Waals surface area contributed by atoms with E-state index in [1.54, 1.807) is 31.5 Å². The lowest BCUT2D eigenvalue weighted by molar-refractivity contribution is 0.132. The van der Waals surface area contributed by atoms with E-state index in [1.807, 2.05) is 24.3 Å². The number of methoxy groups -OCH3 is 1. The van der Waals surface area contributed by atoms with Gasteiger partial charge in [0.1, 0.15) is 17.4 Å². The highest BCUT2D eigenvalue weighted by molar-refractivity contribution is 6.31. The topological polar surface area (TPSA) is 85.5 Å². The van der Waals surface area contributed by atoms with E-state index < -0.39 is 0 Å². The summed E-state index contributed by atoms with van der Waals surface area (Å²) in [5.74, 6) is 1.66. The molecule has 2 aromatic heterocycles. The van der Waals surface area contributed by atoms with Gasteiger partial charge in [0.15, 0.2) is 0 Å². The first kappa shape index (κ1) is 25.1. The minimum atomic E-state index is -0.206. The van der Waals surface area contributed by atoms with Gasteiger partial charge in [0.25, 0.3) is 5.56 Å². The van der Waals surface area contributed by atoms with Crippen molar-refractivity contribution in [2.45, 2.75) is 13.5 Å². The van der Waals surface area contributed by atoms with Crippen molar-refractivity contribution in [3.63, 3.8) is 0 Å². The van der Waals surface area contributed by atoms with E-state index in [-0.39, 0.29) is 5.56 Å². The second kappa shape index (κ2) is 11.2. The molecule has 0 saturated carbocycles. The maximum absolute atomic E-state index is 12.7. The molecular formula is C28H31ClN6O2. The Labute approximate surface area is 221 Å². The Morgan fingerprint density at radius 2 is 1.76 bits per heavy atom. The number of aromatic amines is 1. The average Bonchev–Trinajstić information content (AvgIpc) is 2.90. The second-order valence-corrected chi connectivity index (χ2v) is 9.57. The summed E-state index contributed by atoms with van der Waals surface area (Å²) < 4.78 is 5.46. The van der Waals surface area contributed by atoms with Gasteiger partial charge in [-0.25, -0.2) is 4.98 Å². The van der Waals surface area contributed by atoms with Gasteiger partial charge in [0.2, 0.25) is 0 Å². The molecule has 4 aromatic rings. The maximum Gasteiger partial charge on any atom is 0.259 e. The number of fused-ring (bicyclic) bond motifs is 1. The van der Waals surface area contributed by atoms with Crippen molar-refractivity contribution in [3.8, 4) is 5.75 Å². The Hall–Kier alpha value is -3.59. The molecule has 2 aromatic carbocycles. The first-order valence-electron chi connectivity index (χ1n) is 12.5. The van der Waals surface area contributed by atoms with E-state index in [2.05, 4.69) is 44.5 Å². The molecule has 0 bridgehead atoms. The standard InChI is InChI=1S/C28H31ClN6O2/c1-3-34-12-14-35(15-13-34)18-19-4-7-22(8-5-19)31-27-26-20(10-11-30-28(26)36)16-25(33-27)32-23-17-21(29)6-9-24(23)37-2/h4-11,16-17H,3,12-15,18H2,1-2H3,(H,30,36)(H2,31,32,33). The SMILES string of the molecule is CCN1CCN(Cc2ccc(Nc3nc(Nc4cc(Cl)ccc4OC)cc4cc[nH]c(=O)c34)cc2)CC1. The third-order valence-corrected chi connectivity index (χ3v) is 6.95. The van der Waals surface area contributed by atoms with Crippen LogP contribution in [-0.2, 0) is 6.54 Å². The Bertz CT molecular complexity index is 1430. The predicted molar refractivity (Wildman–Crippen MR) is 151 cm³/mol. The molecule has 0 amide bonds. The van der Waals surface area contributed by atoms with Crippen LogP contribution in [0.2, 0.25) is 5.02 Å². The van der Waals surface area contributed by atoms with Crippen LogP contribution in [0.5, 0.6) is 5.75 Å². The van der Waals surface area contributed by atoms with Crippen LogP contribution in [0.25, 0.3) is 10.8 Å². The summed E-state index contributed by atoms with van der Waals surface area (Å²) in [6.45, 7) is 8.67. The van der Waals surface area contributed by atoms with E-state index in [9.17, 15) is 4.79 Å². The summed E-state index contributed by atoms with van der Waals surface area (Å²) in [7, 11) is 1.60. The van der Waals surface area contributed by atoms with E-state index in [4.69, 9.17) is 21.3 Å². The lowest BCUT2D eigenvalue weighted by Gasteiger charge is -2.34. The quantitative estimate of drug-likeness (QED) is 0.295. The number of halogens is 1. The number of nitrogens with one attached hydrogen (secondary N) is 3. The maximum atomic E-state index is 12.7. The fraction of sp³-hybridized carbons (Fsp3) is 0.286. The minimum absolute atomic E-state index is 0.206. The highest BCUT2D eigenvalue weighted by Crippen LogP contribution is 2.32. The number of pyridine rings is 2. The van der Waals surface area contributed by atoms with Crippen molar-refractivity contribution in [1.29, 1.82) is 0 Å². The number of aromatic nitrogens is 2. The molecule has 1 saturated heterocycles. The number of likely N-dealkylation sites (N-methyl/N-ethyl adjacent to an activating group) is 1. The van der Waals surface area contributed by atoms with Gasteiger partial charge in [-0.05, 0) is 60.0 Å². The number of anilines is 4. The highest BCUT2D eigenvalue weighted by atomic mass is 35.5. The molecule has 3 N–H and O–H groups in total. The van der Waals surface area contributed by atoms with Gasteiger partial charge in [-0.2, -0.15) is 0 Å². The minimum Gasteiger partial charge on any atom is -0.495 e. The number of rotatable bonds is 8. The van der Waals surface area contributed by atoms with Crippen molar-refractivity contribution in [3.05, 3.63) is 81.7 Å². The molecule has 192 valence electrons. The zero-order valence-electron chi connectivity index (χ0n) is 21.1. The molecule has 9 heteroatoms. The number of piperazine rings is 1. The van der Waals surface area contributed by atoms with Gasteiger partial charge in [-0.1, -0.05) is 30.7 Å². The van der Waals surface area contributed by atoms with Crippen molar-refractivity contribution in [1.82, 2.24) is 19.8 Å². The summed E-state index contributed by atoms with van der Waals surface area (Å²) in [6.07, 6.45) is 1.63. The Balaban J connectivity index is 1.39. The molecule has 8 nitrogen and oxygen atoms in total. The van der Waals surface area contributed by atoms with E-state index in [0.717, 1.165) is 50.3 Å². The Morgan fingerprint density at radius 3 is 2.49 bits per heavy atom. The molecule has 1 fully saturated rings. The molecule has 37 heavy (non-hydrogen) atoms. The third-order valence-electron chi connectivity index (χ3n) is 6.71. The highest BCUT2D eigenvalue weighted by Gasteiger charge is 2.16. The fourth-order valence-corrected chi connectivity index (χ4v) is 4.81. The molecule has 0 atom stereocenters. The second-order valence-electron chi connectivity index (χ2n) is 9.13. The molecule has 0 aliphatic carbocycles. The van der Waals surface area contributed by atoms with Gasteiger partial charge >= 0.3 is 0 Å². The first-order valence-corrected chi connectivity index (χ1v) is 12.8. The van der Waals surface area contributed by atoms with Crippen LogP contribution < -0.4 is 20.9 Å². The molecule has 1 aliphatic rings. The molecule has 0 radical (unpaired) electrons. The summed E-state index contributed by atoms with van der Waals surface area (Å²) in [5.41, 5.74) is 2.59. The lowest BCUT2D eigenvalue weighted by Crippen LogP contribution is -2.45. The van der Waals surface area contributed by atoms with Gasteiger partial charge in [-0.3, -0.25) is 9.69 Å². The van der Waals surface area contributed by atoms with E-state index in [0.29, 0.717) is 33.5 Å². The Kier molecular flexibility index (Phi) is 7.60. The number of ether oxygens (including phenoxy) is 1. The van der Waals surface area contributed by atoms with Crippen molar-refractivity contribution >= 4 is 45.4 Å². The zero-order chi connectivity index (χ0) is 25.8. The lowest BCUT2D eigenvalue weighted by atomic mass is 10.1. The predicted octanol–water partition coefficient (Wildman–Crippen LogP) is 5.21. The molecule has 1 aliphatic heterocycles. The third kappa shape index (κ3) is 5.88. The molecule has 3 heterocycles. The van der Waals surface area contributed by atoms with Crippen LogP contribution >= 0.6 is 11.6 Å². The summed E-state index contributed by atoms with van der Waals surface area (Å²) in [6, 6.07) is 17.3. The monoisotopic (exact) mass is 518 g/mol. The van der Waals surface area contributed by atoms with Gasteiger partial charge in [-0.15, -0.1) is 0 Å². The van der Waals surface area contributed by atoms with Crippen molar-refractivity contribution in [2.24, 2.45) is 0 Å². The number of H-pyrrole nitrogens is 1. The van der Waals surface area contributed by atoms with Crippen molar-refractivity contribution in [2.75, 3.05) is 50.5 Å². The van der Waals surface area contributed by atoms with Crippen LogP contribution in [-0.4, -0.2) is 59.6 Å². The van der Waals surface area contributed by atoms with Gasteiger partial charge < -0.3 is 25.3 Å². The van der Waals surface area contributed by atoms with Crippen LogP contribution in [0.15, 0.2) is 65.6 Å². The van der Waals surface area contributed by atoms with E-state index >= 15 is 0 Å². The number of hydrogen-bond donors (Lipinski definition) is 3. The van der Waals surface area contributed by atoms with Crippen LogP contribution in [0.1, 0.15) is 12.5 Å². The van der Waals surface area contributed by atoms with Crippen LogP contribution in [0.3, 0.4) is 0 Å². The first-order chi connectivity index (χ1) is 18.0. The van der Waals surface area contributed by atoms with Crippen LogP contribution in [0, 0.1) is 0 Å². The fourth-order valence-electron chi connectivity index (χ4n) is 4.64. The number of benzene rings is 2. The normalized spacial score (nSPS) is 14.6. The number of hydrogen-bond acceptors (Lipinski definition) is 7. The van der Waals surface area contributed by atoms with Crippen LogP contribution in [0.4, 0.5) is 23.0 Å². The summed E-state index contributed by atoms with van der Waals surface area (Å²) >= 11 is 6.20. The molecule has 0 spiro atoms.